The second-order valence-corrected chi connectivity index (χ2v) is 3.38. The number of nitrogens with one attached hydrogen (secondary N) is 1. The Balaban J connectivity index is 2.21. The van der Waals surface area contributed by atoms with Gasteiger partial charge in [-0.2, -0.15) is 0 Å². The van der Waals surface area contributed by atoms with E-state index in [4.69, 9.17) is 10.2 Å². The van der Waals surface area contributed by atoms with Gasteiger partial charge >= 0.3 is 0 Å². The summed E-state index contributed by atoms with van der Waals surface area (Å²) in [7, 11) is 0. The molecule has 4 heteroatoms. The molecule has 0 unspecified atom stereocenters. The first-order chi connectivity index (χ1) is 5.74. The summed E-state index contributed by atoms with van der Waals surface area (Å²) in [6.07, 6.45) is 1.84. The van der Waals surface area contributed by atoms with Crippen LogP contribution in [0.5, 0.6) is 0 Å². The van der Waals surface area contributed by atoms with Gasteiger partial charge in [0.15, 0.2) is 0 Å². The lowest BCUT2D eigenvalue weighted by molar-refractivity contribution is 0.0851. The summed E-state index contributed by atoms with van der Waals surface area (Å²) in [6.45, 7) is 3.48. The number of hydrogen-bond donors (Lipinski definition) is 3. The van der Waals surface area contributed by atoms with E-state index in [1.165, 1.54) is 0 Å². The van der Waals surface area contributed by atoms with Gasteiger partial charge in [-0.25, -0.2) is 5.01 Å². The highest BCUT2D eigenvalue weighted by atomic mass is 16.3. The van der Waals surface area contributed by atoms with Crippen molar-refractivity contribution in [3.8, 4) is 0 Å². The molecule has 0 bridgehead atoms. The van der Waals surface area contributed by atoms with Crippen LogP contribution in [0.4, 0.5) is 0 Å². The SMILES string of the molecule is C[C@@H](O)CNN1CCC[C@@H]1CO. The van der Waals surface area contributed by atoms with Gasteiger partial charge in [-0.05, 0) is 19.8 Å². The summed E-state index contributed by atoms with van der Waals surface area (Å²) in [4.78, 5) is 0. The summed E-state index contributed by atoms with van der Waals surface area (Å²) < 4.78 is 0. The smallest absolute Gasteiger partial charge is 0.0650 e. The fraction of sp³-hybridized carbons (Fsp3) is 1.00. The maximum Gasteiger partial charge on any atom is 0.0650 e. The van der Waals surface area contributed by atoms with Gasteiger partial charge in [0, 0.05) is 19.1 Å². The number of rotatable bonds is 4. The van der Waals surface area contributed by atoms with Crippen molar-refractivity contribution in [2.75, 3.05) is 19.7 Å². The maximum absolute atomic E-state index is 9.02. The monoisotopic (exact) mass is 174 g/mol. The topological polar surface area (TPSA) is 55.7 Å². The third-order valence-electron chi connectivity index (χ3n) is 2.18. The summed E-state index contributed by atoms with van der Waals surface area (Å²) >= 11 is 0. The lowest BCUT2D eigenvalue weighted by atomic mass is 10.2. The van der Waals surface area contributed by atoms with Crippen molar-refractivity contribution in [1.82, 2.24) is 10.4 Å². The number of hydrogen-bond acceptors (Lipinski definition) is 4. The second kappa shape index (κ2) is 4.77. The minimum atomic E-state index is -0.329. The predicted molar refractivity (Wildman–Crippen MR) is 46.5 cm³/mol. The van der Waals surface area contributed by atoms with Crippen LogP contribution in [-0.4, -0.2) is 47.1 Å². The summed E-state index contributed by atoms with van der Waals surface area (Å²) in [5.74, 6) is 0. The Kier molecular flexibility index (Phi) is 3.94. The number of hydrazine groups is 1. The van der Waals surface area contributed by atoms with Gasteiger partial charge in [0.25, 0.3) is 0 Å². The van der Waals surface area contributed by atoms with Gasteiger partial charge in [-0.1, -0.05) is 0 Å². The second-order valence-electron chi connectivity index (χ2n) is 3.38. The van der Waals surface area contributed by atoms with Gasteiger partial charge in [0.05, 0.1) is 12.7 Å². The molecule has 0 aromatic heterocycles. The summed E-state index contributed by atoms with van der Waals surface area (Å²) in [5.41, 5.74) is 3.11. The Morgan fingerprint density at radius 3 is 3.00 bits per heavy atom. The van der Waals surface area contributed by atoms with Crippen LogP contribution in [-0.2, 0) is 0 Å². The van der Waals surface area contributed by atoms with Crippen LogP contribution in [0.15, 0.2) is 0 Å². The largest absolute Gasteiger partial charge is 0.395 e. The van der Waals surface area contributed by atoms with Crippen LogP contribution in [0, 0.1) is 0 Å². The zero-order chi connectivity index (χ0) is 8.97. The molecule has 0 amide bonds. The first-order valence-corrected chi connectivity index (χ1v) is 4.53. The van der Waals surface area contributed by atoms with E-state index in [2.05, 4.69) is 5.43 Å². The maximum atomic E-state index is 9.02. The van der Waals surface area contributed by atoms with Crippen LogP contribution in [0.2, 0.25) is 0 Å². The standard InChI is InChI=1S/C8H18N2O2/c1-7(12)5-9-10-4-2-3-8(10)6-11/h7-9,11-12H,2-6H2,1H3/t7-,8-/m1/s1. The van der Waals surface area contributed by atoms with Crippen LogP contribution in [0.25, 0.3) is 0 Å². The Labute approximate surface area is 73.2 Å². The van der Waals surface area contributed by atoms with E-state index in [0.717, 1.165) is 19.4 Å². The number of aliphatic hydroxyl groups excluding tert-OH is 2. The van der Waals surface area contributed by atoms with Gasteiger partial charge in [-0.3, -0.25) is 5.43 Å². The zero-order valence-electron chi connectivity index (χ0n) is 7.53. The predicted octanol–water partition coefficient (Wildman–Crippen LogP) is -0.672. The first-order valence-electron chi connectivity index (χ1n) is 4.53. The third-order valence-corrected chi connectivity index (χ3v) is 2.18. The Morgan fingerprint density at radius 1 is 1.67 bits per heavy atom. The molecule has 0 aromatic carbocycles. The quantitative estimate of drug-likeness (QED) is 0.529. The molecule has 3 N–H and O–H groups in total. The molecule has 1 aliphatic rings. The average molecular weight is 174 g/mol. The van der Waals surface area contributed by atoms with E-state index in [1.54, 1.807) is 6.92 Å². The highest BCUT2D eigenvalue weighted by Gasteiger charge is 2.23. The molecule has 0 saturated carbocycles. The van der Waals surface area contributed by atoms with Crippen molar-refractivity contribution in [2.45, 2.75) is 31.9 Å². The highest BCUT2D eigenvalue weighted by molar-refractivity contribution is 4.75. The molecule has 1 heterocycles. The molecule has 1 rings (SSSR count). The van der Waals surface area contributed by atoms with E-state index < -0.39 is 0 Å². The van der Waals surface area contributed by atoms with Crippen LogP contribution >= 0.6 is 0 Å². The van der Waals surface area contributed by atoms with Gasteiger partial charge in [0.1, 0.15) is 0 Å². The molecule has 1 aliphatic heterocycles. The fourth-order valence-electron chi connectivity index (χ4n) is 1.48. The van der Waals surface area contributed by atoms with E-state index >= 15 is 0 Å². The van der Waals surface area contributed by atoms with Gasteiger partial charge < -0.3 is 10.2 Å². The lowest BCUT2D eigenvalue weighted by Gasteiger charge is -2.24. The van der Waals surface area contributed by atoms with Crippen LogP contribution < -0.4 is 5.43 Å². The molecule has 1 saturated heterocycles. The molecule has 0 radical (unpaired) electrons. The van der Waals surface area contributed by atoms with Crippen molar-refractivity contribution in [3.63, 3.8) is 0 Å². The first kappa shape index (κ1) is 9.92. The van der Waals surface area contributed by atoms with Crippen molar-refractivity contribution in [1.29, 1.82) is 0 Å². The van der Waals surface area contributed by atoms with Crippen molar-refractivity contribution in [3.05, 3.63) is 0 Å². The lowest BCUT2D eigenvalue weighted by Crippen LogP contribution is -2.45. The molecule has 1 fully saturated rings. The molecule has 0 spiro atoms. The highest BCUT2D eigenvalue weighted by Crippen LogP contribution is 2.13. The van der Waals surface area contributed by atoms with E-state index in [-0.39, 0.29) is 18.8 Å². The zero-order valence-corrected chi connectivity index (χ0v) is 7.53. The van der Waals surface area contributed by atoms with E-state index in [9.17, 15) is 0 Å². The molecule has 2 atom stereocenters. The molecular formula is C8H18N2O2. The fourth-order valence-corrected chi connectivity index (χ4v) is 1.48. The number of nitrogens with zero attached hydrogens (tertiary/aromatic N) is 1. The van der Waals surface area contributed by atoms with Crippen LogP contribution in [0.1, 0.15) is 19.8 Å². The van der Waals surface area contributed by atoms with Gasteiger partial charge in [-0.15, -0.1) is 0 Å². The Morgan fingerprint density at radius 2 is 2.42 bits per heavy atom. The molecule has 4 nitrogen and oxygen atoms in total. The van der Waals surface area contributed by atoms with Crippen molar-refractivity contribution >= 4 is 0 Å². The summed E-state index contributed by atoms with van der Waals surface area (Å²) in [5, 5.41) is 20.0. The molecule has 0 aromatic rings. The molecular weight excluding hydrogens is 156 g/mol. The van der Waals surface area contributed by atoms with Crippen molar-refractivity contribution < 1.29 is 10.2 Å². The third kappa shape index (κ3) is 2.71. The molecule has 0 aliphatic carbocycles. The average Bonchev–Trinajstić information content (AvgIpc) is 2.47. The normalized spacial score (nSPS) is 27.8. The molecule has 72 valence electrons. The van der Waals surface area contributed by atoms with Gasteiger partial charge in [0.2, 0.25) is 0 Å². The minimum Gasteiger partial charge on any atom is -0.395 e. The van der Waals surface area contributed by atoms with E-state index in [1.807, 2.05) is 5.01 Å². The van der Waals surface area contributed by atoms with E-state index in [0.29, 0.717) is 6.54 Å². The molecule has 12 heavy (non-hydrogen) atoms. The number of aliphatic hydroxyl groups is 2. The van der Waals surface area contributed by atoms with Crippen LogP contribution in [0.3, 0.4) is 0 Å². The summed E-state index contributed by atoms with van der Waals surface area (Å²) in [6, 6.07) is 0.240. The Hall–Kier alpha value is -0.160. The van der Waals surface area contributed by atoms with Crippen molar-refractivity contribution in [2.24, 2.45) is 0 Å². The Bertz CT molecular complexity index is 130. The minimum absolute atomic E-state index is 0.201.